The average Bonchev–Trinajstić information content (AvgIpc) is 2.03. The molecule has 0 fully saturated rings. The van der Waals surface area contributed by atoms with E-state index in [1.54, 1.807) is 0 Å². The number of hydrazine groups is 1. The molecule has 0 bridgehead atoms. The molecular formula is C4H10N3O4-. The molecule has 0 aromatic rings. The summed E-state index contributed by atoms with van der Waals surface area (Å²) in [5.41, 5.74) is 0. The fourth-order valence-corrected chi connectivity index (χ4v) is 0.565. The lowest BCUT2D eigenvalue weighted by molar-refractivity contribution is -0.691. The minimum Gasteiger partial charge on any atom is -0.737 e. The van der Waals surface area contributed by atoms with Crippen LogP contribution in [-0.4, -0.2) is 46.5 Å². The van der Waals surface area contributed by atoms with Crippen LogP contribution in [-0.2, 0) is 0 Å². The van der Waals surface area contributed by atoms with Gasteiger partial charge in [-0.2, -0.15) is 0 Å². The fourth-order valence-electron chi connectivity index (χ4n) is 0.565. The Hall–Kier alpha value is -1.08. The summed E-state index contributed by atoms with van der Waals surface area (Å²) in [5.74, 6) is 0. The van der Waals surface area contributed by atoms with Gasteiger partial charge >= 0.3 is 0 Å². The number of hydrogen-bond acceptors (Lipinski definition) is 5. The number of hydrogen-bond donors (Lipinski definition) is 2. The minimum atomic E-state index is -0.270. The topological polar surface area (TPSA) is 105 Å². The summed E-state index contributed by atoms with van der Waals surface area (Å²) < 4.78 is 0. The van der Waals surface area contributed by atoms with Crippen LogP contribution in [0.2, 0.25) is 0 Å². The normalized spacial score (nSPS) is 11.6. The van der Waals surface area contributed by atoms with Crippen LogP contribution < -0.4 is 0 Å². The molecule has 0 heterocycles. The Bertz CT molecular complexity index is 123. The predicted molar refractivity (Wildman–Crippen MR) is 35.2 cm³/mol. The fraction of sp³-hybridized carbons (Fsp3) is 1.00. The van der Waals surface area contributed by atoms with Gasteiger partial charge in [0.25, 0.3) is 0 Å². The first-order valence-corrected chi connectivity index (χ1v) is 3.03. The first-order valence-electron chi connectivity index (χ1n) is 3.03. The van der Waals surface area contributed by atoms with E-state index in [1.165, 1.54) is 0 Å². The van der Waals surface area contributed by atoms with E-state index in [-0.39, 0.29) is 31.3 Å². The van der Waals surface area contributed by atoms with Gasteiger partial charge in [-0.05, 0) is 5.28 Å². The Balaban J connectivity index is 3.87. The second-order valence-corrected chi connectivity index (χ2v) is 1.74. The molecule has 2 N–H and O–H groups in total. The molecule has 0 amide bonds. The molecule has 7 nitrogen and oxygen atoms in total. The Kier molecular flexibility index (Phi) is 5.13. The highest BCUT2D eigenvalue weighted by Gasteiger charge is 2.08. The van der Waals surface area contributed by atoms with Crippen molar-refractivity contribution in [2.24, 2.45) is 5.28 Å². The van der Waals surface area contributed by atoms with E-state index in [1.807, 2.05) is 0 Å². The molecule has 0 radical (unpaired) electrons. The summed E-state index contributed by atoms with van der Waals surface area (Å²) in [5, 5.41) is 39.8. The second kappa shape index (κ2) is 5.69. The molecule has 0 spiro atoms. The highest BCUT2D eigenvalue weighted by Crippen LogP contribution is 1.88. The number of aliphatic hydroxyl groups is 2. The summed E-state index contributed by atoms with van der Waals surface area (Å²) >= 11 is 0. The average molecular weight is 164 g/mol. The molecule has 66 valence electrons. The van der Waals surface area contributed by atoms with E-state index >= 15 is 0 Å². The monoisotopic (exact) mass is 164 g/mol. The van der Waals surface area contributed by atoms with Gasteiger partial charge in [0.1, 0.15) is 0 Å². The van der Waals surface area contributed by atoms with Gasteiger partial charge in [0.15, 0.2) is 0 Å². The third-order valence-corrected chi connectivity index (χ3v) is 1.03. The zero-order valence-electron chi connectivity index (χ0n) is 5.88. The van der Waals surface area contributed by atoms with Crippen LogP contribution in [0.4, 0.5) is 0 Å². The van der Waals surface area contributed by atoms with Crippen molar-refractivity contribution in [2.45, 2.75) is 0 Å². The van der Waals surface area contributed by atoms with Crippen molar-refractivity contribution in [3.63, 3.8) is 0 Å². The standard InChI is InChI=1S/C4H11N3O4/c8-3-1-6(2-4-9)7(11)5-10/h8-10H,1-4H2/p-1/b7-5-. The van der Waals surface area contributed by atoms with Crippen LogP contribution in [0.15, 0.2) is 5.28 Å². The molecule has 0 aromatic heterocycles. The van der Waals surface area contributed by atoms with Crippen LogP contribution in [0, 0.1) is 10.4 Å². The summed E-state index contributed by atoms with van der Waals surface area (Å²) in [6.07, 6.45) is 0. The smallest absolute Gasteiger partial charge is 0.0999 e. The van der Waals surface area contributed by atoms with Gasteiger partial charge in [0, 0.05) is 4.97 Å². The molecule has 11 heavy (non-hydrogen) atoms. The van der Waals surface area contributed by atoms with Gasteiger partial charge in [0.05, 0.1) is 26.3 Å². The van der Waals surface area contributed by atoms with E-state index < -0.39 is 0 Å². The third kappa shape index (κ3) is 3.58. The summed E-state index contributed by atoms with van der Waals surface area (Å²) in [4.78, 5) is -0.202. The maximum absolute atomic E-state index is 10.4. The van der Waals surface area contributed by atoms with Gasteiger partial charge in [-0.1, -0.05) is 0 Å². The van der Waals surface area contributed by atoms with Crippen LogP contribution in [0.1, 0.15) is 0 Å². The zero-order chi connectivity index (χ0) is 8.69. The molecule has 0 aliphatic carbocycles. The molecule has 7 heteroatoms. The van der Waals surface area contributed by atoms with Crippen molar-refractivity contribution in [1.82, 2.24) is 5.01 Å². The second-order valence-electron chi connectivity index (χ2n) is 1.74. The maximum atomic E-state index is 10.4. The van der Waals surface area contributed by atoms with E-state index in [0.717, 1.165) is 5.01 Å². The minimum absolute atomic E-state index is 0.0181. The van der Waals surface area contributed by atoms with Crippen molar-refractivity contribution in [3.05, 3.63) is 10.4 Å². The molecule has 0 aromatic carbocycles. The Morgan fingerprint density at radius 3 is 2.00 bits per heavy atom. The number of nitrogens with zero attached hydrogens (tertiary/aromatic N) is 3. The highest BCUT2D eigenvalue weighted by atomic mass is 16.6. The van der Waals surface area contributed by atoms with Gasteiger partial charge in [-0.15, -0.1) is 5.01 Å². The summed E-state index contributed by atoms with van der Waals surface area (Å²) in [6, 6.07) is 0. The summed E-state index contributed by atoms with van der Waals surface area (Å²) in [7, 11) is 0. The van der Waals surface area contributed by atoms with E-state index in [2.05, 4.69) is 5.28 Å². The highest BCUT2D eigenvalue weighted by molar-refractivity contribution is 4.40. The largest absolute Gasteiger partial charge is 0.737 e. The molecular weight excluding hydrogens is 154 g/mol. The predicted octanol–water partition coefficient (Wildman–Crippen LogP) is -1.35. The molecule has 0 unspecified atom stereocenters. The van der Waals surface area contributed by atoms with Crippen molar-refractivity contribution < 1.29 is 15.2 Å². The lowest BCUT2D eigenvalue weighted by Crippen LogP contribution is -2.35. The number of aliphatic hydroxyl groups excluding tert-OH is 2. The maximum Gasteiger partial charge on any atom is 0.0999 e. The SMILES string of the molecule is [O-]/N=[N+](\[O-])N(CCO)CCO. The molecule has 0 saturated carbocycles. The Labute approximate surface area is 63.3 Å². The lowest BCUT2D eigenvalue weighted by atomic mass is 10.6. The molecule has 0 rings (SSSR count). The van der Waals surface area contributed by atoms with Gasteiger partial charge < -0.3 is 20.6 Å². The van der Waals surface area contributed by atoms with Gasteiger partial charge in [-0.3, -0.25) is 0 Å². The first kappa shape index (κ1) is 9.92. The quantitative estimate of drug-likeness (QED) is 0.297. The van der Waals surface area contributed by atoms with Crippen LogP contribution in [0.3, 0.4) is 0 Å². The van der Waals surface area contributed by atoms with Crippen LogP contribution in [0.5, 0.6) is 0 Å². The Morgan fingerprint density at radius 1 is 1.27 bits per heavy atom. The summed E-state index contributed by atoms with van der Waals surface area (Å²) in [6.45, 7) is -0.575. The molecule has 0 aliphatic rings. The third-order valence-electron chi connectivity index (χ3n) is 1.03. The number of rotatable bonds is 5. The van der Waals surface area contributed by atoms with Crippen LogP contribution >= 0.6 is 0 Å². The molecule has 0 saturated heterocycles. The van der Waals surface area contributed by atoms with E-state index in [4.69, 9.17) is 10.2 Å². The van der Waals surface area contributed by atoms with Crippen molar-refractivity contribution in [3.8, 4) is 0 Å². The first-order chi connectivity index (χ1) is 5.26. The van der Waals surface area contributed by atoms with Crippen molar-refractivity contribution in [2.75, 3.05) is 26.3 Å². The lowest BCUT2D eigenvalue weighted by Gasteiger charge is -2.16. The molecule has 0 atom stereocenters. The van der Waals surface area contributed by atoms with E-state index in [0.29, 0.717) is 0 Å². The van der Waals surface area contributed by atoms with Crippen molar-refractivity contribution in [1.29, 1.82) is 0 Å². The molecule has 0 aliphatic heterocycles. The van der Waals surface area contributed by atoms with Crippen LogP contribution in [0.25, 0.3) is 0 Å². The van der Waals surface area contributed by atoms with Gasteiger partial charge in [0.2, 0.25) is 0 Å². The Morgan fingerprint density at radius 2 is 1.73 bits per heavy atom. The zero-order valence-corrected chi connectivity index (χ0v) is 5.88. The van der Waals surface area contributed by atoms with Gasteiger partial charge in [-0.25, -0.2) is 0 Å². The van der Waals surface area contributed by atoms with E-state index in [9.17, 15) is 10.4 Å². The van der Waals surface area contributed by atoms with Crippen molar-refractivity contribution >= 4 is 0 Å².